The van der Waals surface area contributed by atoms with E-state index in [2.05, 4.69) is 32.5 Å². The number of rotatable bonds is 4. The lowest BCUT2D eigenvalue weighted by Crippen LogP contribution is -2.23. The number of sulfonamides is 1. The Bertz CT molecular complexity index is 818. The summed E-state index contributed by atoms with van der Waals surface area (Å²) in [5.74, 6) is 5.77. The van der Waals surface area contributed by atoms with Crippen molar-refractivity contribution in [1.82, 2.24) is 4.72 Å². The van der Waals surface area contributed by atoms with Crippen LogP contribution in [0.4, 0.5) is 5.69 Å². The normalized spacial score (nSPS) is 10.7. The van der Waals surface area contributed by atoms with Crippen LogP contribution in [0.5, 0.6) is 0 Å². The predicted molar refractivity (Wildman–Crippen MR) is 97.0 cm³/mol. The Kier molecular flexibility index (Phi) is 5.83. The van der Waals surface area contributed by atoms with Crippen molar-refractivity contribution in [3.05, 3.63) is 58.6 Å². The smallest absolute Gasteiger partial charge is 0.241 e. The summed E-state index contributed by atoms with van der Waals surface area (Å²) in [4.78, 5) is 2.22. The van der Waals surface area contributed by atoms with E-state index >= 15 is 0 Å². The Morgan fingerprint density at radius 1 is 1.04 bits per heavy atom. The van der Waals surface area contributed by atoms with Crippen molar-refractivity contribution in [2.24, 2.45) is 0 Å². The maximum absolute atomic E-state index is 12.1. The van der Waals surface area contributed by atoms with Crippen LogP contribution < -0.4 is 9.62 Å². The molecule has 0 atom stereocenters. The molecule has 0 amide bonds. The molecule has 4 nitrogen and oxygen atoms in total. The molecule has 0 bridgehead atoms. The fourth-order valence-electron chi connectivity index (χ4n) is 1.82. The van der Waals surface area contributed by atoms with Gasteiger partial charge in [-0.25, -0.2) is 8.42 Å². The topological polar surface area (TPSA) is 49.4 Å². The molecule has 2 aromatic carbocycles. The van der Waals surface area contributed by atoms with Gasteiger partial charge in [-0.1, -0.05) is 27.8 Å². The number of benzene rings is 2. The van der Waals surface area contributed by atoms with Gasteiger partial charge in [0.2, 0.25) is 10.0 Å². The molecular weight excluding hydrogens is 376 g/mol. The molecule has 0 spiro atoms. The third kappa shape index (κ3) is 5.10. The van der Waals surface area contributed by atoms with Crippen molar-refractivity contribution in [1.29, 1.82) is 0 Å². The highest BCUT2D eigenvalue weighted by atomic mass is 79.9. The SMILES string of the molecule is CN(C)c1ccc(C#CCNS(=O)(=O)c2ccc(Br)cc2)cc1. The van der Waals surface area contributed by atoms with Crippen molar-refractivity contribution >= 4 is 31.6 Å². The summed E-state index contributed by atoms with van der Waals surface area (Å²) in [6.45, 7) is 0.0633. The molecule has 0 saturated heterocycles. The molecule has 1 N–H and O–H groups in total. The fraction of sp³-hybridized carbons (Fsp3) is 0.176. The number of hydrogen-bond donors (Lipinski definition) is 1. The first kappa shape index (κ1) is 17.5. The monoisotopic (exact) mass is 392 g/mol. The van der Waals surface area contributed by atoms with Gasteiger partial charge in [0.25, 0.3) is 0 Å². The van der Waals surface area contributed by atoms with Gasteiger partial charge in [-0.05, 0) is 48.5 Å². The lowest BCUT2D eigenvalue weighted by molar-refractivity contribution is 0.586. The molecule has 0 aliphatic carbocycles. The molecule has 0 fully saturated rings. The first-order valence-electron chi connectivity index (χ1n) is 6.90. The molecular formula is C17H17BrN2O2S. The van der Waals surface area contributed by atoms with E-state index in [4.69, 9.17) is 0 Å². The van der Waals surface area contributed by atoms with Crippen molar-refractivity contribution in [2.75, 3.05) is 25.5 Å². The van der Waals surface area contributed by atoms with Crippen LogP contribution in [0.15, 0.2) is 57.9 Å². The molecule has 0 aliphatic rings. The van der Waals surface area contributed by atoms with Crippen molar-refractivity contribution < 1.29 is 8.42 Å². The van der Waals surface area contributed by atoms with E-state index in [1.54, 1.807) is 24.3 Å². The standard InChI is InChI=1S/C17H17BrN2O2S/c1-20(2)16-9-5-14(6-10-16)4-3-13-19-23(21,22)17-11-7-15(18)8-12-17/h5-12,19H,13H2,1-2H3. The number of anilines is 1. The molecule has 0 aromatic heterocycles. The molecule has 2 rings (SSSR count). The molecule has 0 heterocycles. The van der Waals surface area contributed by atoms with Crippen molar-refractivity contribution in [3.63, 3.8) is 0 Å². The van der Waals surface area contributed by atoms with Crippen LogP contribution >= 0.6 is 15.9 Å². The number of halogens is 1. The average molecular weight is 393 g/mol. The summed E-state index contributed by atoms with van der Waals surface area (Å²) in [6.07, 6.45) is 0. The largest absolute Gasteiger partial charge is 0.378 e. The minimum absolute atomic E-state index is 0.0633. The Morgan fingerprint density at radius 2 is 1.65 bits per heavy atom. The van der Waals surface area contributed by atoms with Crippen molar-refractivity contribution in [3.8, 4) is 11.8 Å². The predicted octanol–water partition coefficient (Wildman–Crippen LogP) is 2.85. The van der Waals surface area contributed by atoms with E-state index in [9.17, 15) is 8.42 Å². The van der Waals surface area contributed by atoms with Crippen LogP contribution in [0, 0.1) is 11.8 Å². The van der Waals surface area contributed by atoms with Gasteiger partial charge in [0.15, 0.2) is 0 Å². The van der Waals surface area contributed by atoms with Crippen molar-refractivity contribution in [2.45, 2.75) is 4.90 Å². The van der Waals surface area contributed by atoms with Gasteiger partial charge in [0, 0.05) is 29.8 Å². The molecule has 6 heteroatoms. The molecule has 0 radical (unpaired) electrons. The summed E-state index contributed by atoms with van der Waals surface area (Å²) in [7, 11) is 0.410. The van der Waals surface area contributed by atoms with Crippen LogP contribution in [0.25, 0.3) is 0 Å². The lowest BCUT2D eigenvalue weighted by Gasteiger charge is -2.11. The van der Waals surface area contributed by atoms with Crippen LogP contribution in [-0.2, 0) is 10.0 Å². The van der Waals surface area contributed by atoms with Gasteiger partial charge in [0.1, 0.15) is 0 Å². The van der Waals surface area contributed by atoms with Gasteiger partial charge < -0.3 is 4.90 Å². The zero-order valence-corrected chi connectivity index (χ0v) is 15.3. The zero-order chi connectivity index (χ0) is 16.9. The highest BCUT2D eigenvalue weighted by Gasteiger charge is 2.11. The first-order chi connectivity index (χ1) is 10.9. The number of nitrogens with one attached hydrogen (secondary N) is 1. The van der Waals surface area contributed by atoms with E-state index in [1.807, 2.05) is 43.3 Å². The zero-order valence-electron chi connectivity index (χ0n) is 12.9. The Labute approximate surface area is 145 Å². The van der Waals surface area contributed by atoms with Gasteiger partial charge in [-0.15, -0.1) is 0 Å². The van der Waals surface area contributed by atoms with Crippen LogP contribution in [-0.4, -0.2) is 29.1 Å². The third-order valence-corrected chi connectivity index (χ3v) is 5.04. The van der Waals surface area contributed by atoms with Crippen LogP contribution in [0.1, 0.15) is 5.56 Å². The summed E-state index contributed by atoms with van der Waals surface area (Å²) in [5.41, 5.74) is 1.94. The lowest BCUT2D eigenvalue weighted by atomic mass is 10.2. The molecule has 0 saturated carbocycles. The summed E-state index contributed by atoms with van der Waals surface area (Å²) >= 11 is 3.28. The molecule has 0 unspecified atom stereocenters. The van der Waals surface area contributed by atoms with Gasteiger partial charge in [-0.2, -0.15) is 4.72 Å². The fourth-order valence-corrected chi connectivity index (χ4v) is 3.00. The molecule has 120 valence electrons. The quantitative estimate of drug-likeness (QED) is 0.813. The summed E-state index contributed by atoms with van der Waals surface area (Å²) in [6, 6.07) is 14.2. The Morgan fingerprint density at radius 3 is 2.22 bits per heavy atom. The van der Waals surface area contributed by atoms with Crippen LogP contribution in [0.3, 0.4) is 0 Å². The van der Waals surface area contributed by atoms with Gasteiger partial charge in [0.05, 0.1) is 11.4 Å². The maximum atomic E-state index is 12.1. The average Bonchev–Trinajstić information content (AvgIpc) is 2.52. The van der Waals surface area contributed by atoms with E-state index in [0.29, 0.717) is 0 Å². The van der Waals surface area contributed by atoms with E-state index in [0.717, 1.165) is 15.7 Å². The molecule has 0 aliphatic heterocycles. The second-order valence-corrected chi connectivity index (χ2v) is 7.70. The second kappa shape index (κ2) is 7.64. The minimum atomic E-state index is -3.53. The van der Waals surface area contributed by atoms with Gasteiger partial charge in [-0.3, -0.25) is 0 Å². The second-order valence-electron chi connectivity index (χ2n) is 5.02. The maximum Gasteiger partial charge on any atom is 0.241 e. The molecule has 2 aromatic rings. The number of nitrogens with zero attached hydrogens (tertiary/aromatic N) is 1. The van der Waals surface area contributed by atoms with E-state index in [1.165, 1.54) is 0 Å². The first-order valence-corrected chi connectivity index (χ1v) is 9.17. The number of hydrogen-bond acceptors (Lipinski definition) is 3. The minimum Gasteiger partial charge on any atom is -0.378 e. The Balaban J connectivity index is 1.98. The highest BCUT2D eigenvalue weighted by molar-refractivity contribution is 9.10. The summed E-state index contributed by atoms with van der Waals surface area (Å²) < 4.78 is 27.5. The van der Waals surface area contributed by atoms with Crippen LogP contribution in [0.2, 0.25) is 0 Å². The van der Waals surface area contributed by atoms with E-state index < -0.39 is 10.0 Å². The molecule has 23 heavy (non-hydrogen) atoms. The third-order valence-electron chi connectivity index (χ3n) is 3.09. The highest BCUT2D eigenvalue weighted by Crippen LogP contribution is 2.14. The Hall–Kier alpha value is -1.81. The van der Waals surface area contributed by atoms with Gasteiger partial charge >= 0.3 is 0 Å². The van der Waals surface area contributed by atoms with E-state index in [-0.39, 0.29) is 11.4 Å². The summed E-state index contributed by atoms with van der Waals surface area (Å²) in [5, 5.41) is 0.